The van der Waals surface area contributed by atoms with Crippen LogP contribution in [0.1, 0.15) is 13.8 Å². The molecule has 1 aromatic heterocycles. The van der Waals surface area contributed by atoms with Crippen molar-refractivity contribution >= 4 is 5.82 Å². The van der Waals surface area contributed by atoms with Gasteiger partial charge in [-0.1, -0.05) is 0 Å². The summed E-state index contributed by atoms with van der Waals surface area (Å²) < 4.78 is 5.54. The van der Waals surface area contributed by atoms with Gasteiger partial charge in [-0.2, -0.15) is 0 Å². The molecule has 1 aromatic rings. The minimum atomic E-state index is 0.137. The van der Waals surface area contributed by atoms with E-state index in [4.69, 9.17) is 4.74 Å². The van der Waals surface area contributed by atoms with Crippen molar-refractivity contribution in [2.24, 2.45) is 0 Å². The van der Waals surface area contributed by atoms with E-state index in [0.717, 1.165) is 18.9 Å². The molecule has 0 bridgehead atoms. The molecule has 0 amide bonds. The first-order valence-corrected chi connectivity index (χ1v) is 5.59. The molecule has 5 heteroatoms. The van der Waals surface area contributed by atoms with Crippen molar-refractivity contribution in [3.05, 3.63) is 12.4 Å². The molecular formula is C11H18N4O. The van der Waals surface area contributed by atoms with E-state index in [0.29, 0.717) is 11.9 Å². The highest BCUT2D eigenvalue weighted by atomic mass is 16.5. The zero-order valence-corrected chi connectivity index (χ0v) is 9.97. The van der Waals surface area contributed by atoms with Gasteiger partial charge in [-0.05, 0) is 13.8 Å². The number of anilines is 1. The third-order valence-electron chi connectivity index (χ3n) is 2.65. The summed E-state index contributed by atoms with van der Waals surface area (Å²) in [5.74, 6) is 1.55. The summed E-state index contributed by atoms with van der Waals surface area (Å²) in [7, 11) is 2.05. The summed E-state index contributed by atoms with van der Waals surface area (Å²) in [6.07, 6.45) is 1.69. The van der Waals surface area contributed by atoms with Crippen LogP contribution in [0.3, 0.4) is 0 Å². The molecule has 0 radical (unpaired) electrons. The highest BCUT2D eigenvalue weighted by Crippen LogP contribution is 2.18. The van der Waals surface area contributed by atoms with Crippen LogP contribution in [0.2, 0.25) is 0 Å². The molecule has 1 saturated heterocycles. The Labute approximate surface area is 95.8 Å². The van der Waals surface area contributed by atoms with Crippen molar-refractivity contribution in [2.75, 3.05) is 25.0 Å². The molecule has 88 valence electrons. The minimum absolute atomic E-state index is 0.137. The number of ether oxygens (including phenoxy) is 1. The Morgan fingerprint density at radius 3 is 2.75 bits per heavy atom. The topological polar surface area (TPSA) is 50.3 Å². The first-order chi connectivity index (χ1) is 7.66. The van der Waals surface area contributed by atoms with Crippen molar-refractivity contribution in [3.63, 3.8) is 0 Å². The molecule has 5 nitrogen and oxygen atoms in total. The molecule has 0 aromatic carbocycles. The van der Waals surface area contributed by atoms with Gasteiger partial charge in [-0.25, -0.2) is 9.97 Å². The zero-order valence-electron chi connectivity index (χ0n) is 9.97. The van der Waals surface area contributed by atoms with Crippen LogP contribution >= 0.6 is 0 Å². The summed E-state index contributed by atoms with van der Waals surface area (Å²) in [4.78, 5) is 10.5. The fourth-order valence-corrected chi connectivity index (χ4v) is 1.56. The number of hydrogen-bond donors (Lipinski definition) is 1. The fourth-order valence-electron chi connectivity index (χ4n) is 1.56. The van der Waals surface area contributed by atoms with Gasteiger partial charge in [0.15, 0.2) is 0 Å². The van der Waals surface area contributed by atoms with Gasteiger partial charge in [0, 0.05) is 26.2 Å². The standard InChI is InChI=1S/C11H18N4O/c1-8(2)16-11-4-10(13-7-14-11)15(3)9-5-12-6-9/h4,7-9,12H,5-6H2,1-3H3. The van der Waals surface area contributed by atoms with Crippen LogP contribution in [0.5, 0.6) is 5.88 Å². The Bertz CT molecular complexity index is 352. The van der Waals surface area contributed by atoms with Crippen LogP contribution in [0.15, 0.2) is 12.4 Å². The number of nitrogens with zero attached hydrogens (tertiary/aromatic N) is 3. The number of rotatable bonds is 4. The first-order valence-electron chi connectivity index (χ1n) is 5.59. The second kappa shape index (κ2) is 4.65. The lowest BCUT2D eigenvalue weighted by atomic mass is 10.1. The maximum atomic E-state index is 5.54. The van der Waals surface area contributed by atoms with Gasteiger partial charge in [0.1, 0.15) is 12.1 Å². The Balaban J connectivity index is 2.08. The van der Waals surface area contributed by atoms with Crippen molar-refractivity contribution < 1.29 is 4.74 Å². The van der Waals surface area contributed by atoms with Crippen LogP contribution in [0, 0.1) is 0 Å². The first kappa shape index (κ1) is 11.1. The highest BCUT2D eigenvalue weighted by molar-refractivity contribution is 5.41. The second-order valence-corrected chi connectivity index (χ2v) is 4.30. The third kappa shape index (κ3) is 2.41. The van der Waals surface area contributed by atoms with E-state index >= 15 is 0 Å². The zero-order chi connectivity index (χ0) is 11.5. The lowest BCUT2D eigenvalue weighted by molar-refractivity contribution is 0.232. The molecule has 0 unspecified atom stereocenters. The van der Waals surface area contributed by atoms with E-state index in [2.05, 4.69) is 20.2 Å². The summed E-state index contributed by atoms with van der Waals surface area (Å²) in [5.41, 5.74) is 0. The molecule has 2 heterocycles. The molecule has 1 fully saturated rings. The lowest BCUT2D eigenvalue weighted by Crippen LogP contribution is -2.56. The maximum absolute atomic E-state index is 5.54. The molecule has 1 aliphatic rings. The van der Waals surface area contributed by atoms with E-state index in [9.17, 15) is 0 Å². The van der Waals surface area contributed by atoms with Crippen LogP contribution in [-0.4, -0.2) is 42.3 Å². The summed E-state index contributed by atoms with van der Waals surface area (Å²) in [5, 5.41) is 3.24. The second-order valence-electron chi connectivity index (χ2n) is 4.30. The van der Waals surface area contributed by atoms with Gasteiger partial charge in [0.2, 0.25) is 5.88 Å². The maximum Gasteiger partial charge on any atom is 0.218 e. The molecule has 0 saturated carbocycles. The Kier molecular flexibility index (Phi) is 3.24. The number of aromatic nitrogens is 2. The molecule has 0 aliphatic carbocycles. The number of hydrogen-bond acceptors (Lipinski definition) is 5. The van der Waals surface area contributed by atoms with E-state index in [-0.39, 0.29) is 6.10 Å². The average Bonchev–Trinajstić information content (AvgIpc) is 2.14. The monoisotopic (exact) mass is 222 g/mol. The normalized spacial score (nSPS) is 16.0. The largest absolute Gasteiger partial charge is 0.475 e. The highest BCUT2D eigenvalue weighted by Gasteiger charge is 2.22. The molecule has 0 atom stereocenters. The molecule has 16 heavy (non-hydrogen) atoms. The molecule has 1 N–H and O–H groups in total. The Morgan fingerprint density at radius 2 is 2.19 bits per heavy atom. The average molecular weight is 222 g/mol. The molecule has 0 spiro atoms. The lowest BCUT2D eigenvalue weighted by Gasteiger charge is -2.36. The van der Waals surface area contributed by atoms with E-state index in [1.165, 1.54) is 0 Å². The van der Waals surface area contributed by atoms with Gasteiger partial charge < -0.3 is 15.0 Å². The van der Waals surface area contributed by atoms with Crippen LogP contribution in [-0.2, 0) is 0 Å². The van der Waals surface area contributed by atoms with E-state index in [1.54, 1.807) is 6.33 Å². The van der Waals surface area contributed by atoms with E-state index < -0.39 is 0 Å². The summed E-state index contributed by atoms with van der Waals surface area (Å²) in [6, 6.07) is 2.42. The molecular weight excluding hydrogens is 204 g/mol. The van der Waals surface area contributed by atoms with Crippen LogP contribution in [0.25, 0.3) is 0 Å². The summed E-state index contributed by atoms with van der Waals surface area (Å²) >= 11 is 0. The van der Waals surface area contributed by atoms with Crippen LogP contribution < -0.4 is 15.0 Å². The van der Waals surface area contributed by atoms with Crippen molar-refractivity contribution in [1.29, 1.82) is 0 Å². The van der Waals surface area contributed by atoms with E-state index in [1.807, 2.05) is 27.0 Å². The van der Waals surface area contributed by atoms with Gasteiger partial charge in [-0.3, -0.25) is 0 Å². The predicted molar refractivity (Wildman–Crippen MR) is 62.9 cm³/mol. The molecule has 2 rings (SSSR count). The summed E-state index contributed by atoms with van der Waals surface area (Å²) in [6.45, 7) is 6.00. The minimum Gasteiger partial charge on any atom is -0.475 e. The third-order valence-corrected chi connectivity index (χ3v) is 2.65. The van der Waals surface area contributed by atoms with Crippen LogP contribution in [0.4, 0.5) is 5.82 Å². The van der Waals surface area contributed by atoms with Gasteiger partial charge in [-0.15, -0.1) is 0 Å². The SMILES string of the molecule is CC(C)Oc1cc(N(C)C2CNC2)ncn1. The van der Waals surface area contributed by atoms with Crippen molar-refractivity contribution in [1.82, 2.24) is 15.3 Å². The van der Waals surface area contributed by atoms with Gasteiger partial charge >= 0.3 is 0 Å². The van der Waals surface area contributed by atoms with Crippen molar-refractivity contribution in [2.45, 2.75) is 26.0 Å². The Morgan fingerprint density at radius 1 is 1.44 bits per heavy atom. The smallest absolute Gasteiger partial charge is 0.218 e. The Hall–Kier alpha value is -1.36. The molecule has 1 aliphatic heterocycles. The van der Waals surface area contributed by atoms with Crippen molar-refractivity contribution in [3.8, 4) is 5.88 Å². The number of nitrogens with one attached hydrogen (secondary N) is 1. The van der Waals surface area contributed by atoms with Gasteiger partial charge in [0.25, 0.3) is 0 Å². The van der Waals surface area contributed by atoms with Gasteiger partial charge in [0.05, 0.1) is 12.1 Å². The predicted octanol–water partition coefficient (Wildman–Crippen LogP) is 0.672. The quantitative estimate of drug-likeness (QED) is 0.811. The fraction of sp³-hybridized carbons (Fsp3) is 0.636. The number of likely N-dealkylation sites (N-methyl/N-ethyl adjacent to an activating group) is 1.